The predicted octanol–water partition coefficient (Wildman–Crippen LogP) is 2.29. The molecule has 1 atom stereocenters. The van der Waals surface area contributed by atoms with Gasteiger partial charge in [0.15, 0.2) is 0 Å². The highest BCUT2D eigenvalue weighted by Crippen LogP contribution is 2.31. The van der Waals surface area contributed by atoms with E-state index in [1.807, 2.05) is 18.2 Å². The molecule has 3 heteroatoms. The number of aryl methyl sites for hydroxylation is 1. The van der Waals surface area contributed by atoms with E-state index >= 15 is 0 Å². The Labute approximate surface area is 82.2 Å². The first-order valence-electron chi connectivity index (χ1n) is 4.24. The molecule has 66 valence electrons. The molecule has 1 aromatic rings. The molecular weight excluding hydrogens is 184 g/mol. The van der Waals surface area contributed by atoms with Crippen LogP contribution in [0.4, 0.5) is 0 Å². The molecule has 0 radical (unpaired) electrons. The van der Waals surface area contributed by atoms with E-state index in [2.05, 4.69) is 10.9 Å². The highest BCUT2D eigenvalue weighted by molar-refractivity contribution is 6.13. The number of hydrogen-bond donors (Lipinski definition) is 1. The number of nitriles is 1. The van der Waals surface area contributed by atoms with Crippen LogP contribution in [0, 0.1) is 11.3 Å². The van der Waals surface area contributed by atoms with E-state index in [1.54, 1.807) is 0 Å². The molecule has 0 heterocycles. The largest absolute Gasteiger partial charge is 0.226 e. The summed E-state index contributed by atoms with van der Waals surface area (Å²) in [5.74, 6) is 0. The first-order valence-corrected chi connectivity index (χ1v) is 4.62. The smallest absolute Gasteiger partial charge is 0.0991 e. The maximum Gasteiger partial charge on any atom is 0.0991 e. The van der Waals surface area contributed by atoms with Gasteiger partial charge in [0.2, 0.25) is 0 Å². The van der Waals surface area contributed by atoms with E-state index in [9.17, 15) is 0 Å². The van der Waals surface area contributed by atoms with E-state index in [0.29, 0.717) is 0 Å². The number of rotatable bonds is 1. The second-order valence-electron chi connectivity index (χ2n) is 3.23. The zero-order valence-electron chi connectivity index (χ0n) is 7.05. The van der Waals surface area contributed by atoms with Gasteiger partial charge < -0.3 is 0 Å². The molecule has 1 aliphatic carbocycles. The van der Waals surface area contributed by atoms with Crippen molar-refractivity contribution < 1.29 is 0 Å². The summed E-state index contributed by atoms with van der Waals surface area (Å²) in [5, 5.41) is 8.70. The second-order valence-corrected chi connectivity index (χ2v) is 3.44. The third-order valence-corrected chi connectivity index (χ3v) is 2.74. The zero-order chi connectivity index (χ0) is 9.26. The number of hydrogen-bond acceptors (Lipinski definition) is 2. The van der Waals surface area contributed by atoms with Gasteiger partial charge in [0, 0.05) is 6.04 Å². The van der Waals surface area contributed by atoms with Crippen LogP contribution in [0.3, 0.4) is 0 Å². The standard InChI is InChI=1S/C10H9ClN2/c11-13-10-4-2-8-5-7(6-12)1-3-9(8)10/h1,3,5,10,13H,2,4H2/t10-/m0/s1. The van der Waals surface area contributed by atoms with Gasteiger partial charge in [-0.2, -0.15) is 5.26 Å². The molecule has 0 aromatic heterocycles. The van der Waals surface area contributed by atoms with E-state index in [1.165, 1.54) is 11.1 Å². The van der Waals surface area contributed by atoms with Crippen molar-refractivity contribution in [1.82, 2.24) is 4.84 Å². The Morgan fingerprint density at radius 2 is 2.38 bits per heavy atom. The topological polar surface area (TPSA) is 35.8 Å². The summed E-state index contributed by atoms with van der Waals surface area (Å²) < 4.78 is 0. The summed E-state index contributed by atoms with van der Waals surface area (Å²) >= 11 is 5.59. The van der Waals surface area contributed by atoms with Crippen molar-refractivity contribution in [3.63, 3.8) is 0 Å². The molecule has 0 aliphatic heterocycles. The van der Waals surface area contributed by atoms with Crippen molar-refractivity contribution in [2.75, 3.05) is 0 Å². The first kappa shape index (κ1) is 8.55. The van der Waals surface area contributed by atoms with Crippen LogP contribution in [-0.2, 0) is 6.42 Å². The van der Waals surface area contributed by atoms with Crippen LogP contribution < -0.4 is 4.84 Å². The van der Waals surface area contributed by atoms with Crippen molar-refractivity contribution >= 4 is 11.8 Å². The molecule has 0 spiro atoms. The number of fused-ring (bicyclic) bond motifs is 1. The van der Waals surface area contributed by atoms with Crippen LogP contribution in [0.15, 0.2) is 18.2 Å². The lowest BCUT2D eigenvalue weighted by molar-refractivity contribution is 0.660. The van der Waals surface area contributed by atoms with Gasteiger partial charge in [0.1, 0.15) is 0 Å². The van der Waals surface area contributed by atoms with Gasteiger partial charge in [0.25, 0.3) is 0 Å². The Hall–Kier alpha value is -1.04. The summed E-state index contributed by atoms with van der Waals surface area (Å²) in [4.78, 5) is 2.75. The van der Waals surface area contributed by atoms with Crippen molar-refractivity contribution in [3.8, 4) is 6.07 Å². The van der Waals surface area contributed by atoms with Gasteiger partial charge in [-0.3, -0.25) is 0 Å². The lowest BCUT2D eigenvalue weighted by atomic mass is 10.1. The van der Waals surface area contributed by atoms with Gasteiger partial charge in [-0.25, -0.2) is 4.84 Å². The fourth-order valence-electron chi connectivity index (χ4n) is 1.80. The van der Waals surface area contributed by atoms with E-state index in [-0.39, 0.29) is 6.04 Å². The van der Waals surface area contributed by atoms with Gasteiger partial charge in [-0.05, 0) is 47.9 Å². The van der Waals surface area contributed by atoms with E-state index < -0.39 is 0 Å². The van der Waals surface area contributed by atoms with Crippen molar-refractivity contribution in [1.29, 1.82) is 5.26 Å². The number of nitrogens with zero attached hydrogens (tertiary/aromatic N) is 1. The Balaban J connectivity index is 2.41. The average Bonchev–Trinajstić information content (AvgIpc) is 2.59. The Morgan fingerprint density at radius 1 is 1.54 bits per heavy atom. The molecule has 0 unspecified atom stereocenters. The molecule has 0 saturated carbocycles. The summed E-state index contributed by atoms with van der Waals surface area (Å²) in [5.41, 5.74) is 3.21. The molecule has 0 saturated heterocycles. The zero-order valence-corrected chi connectivity index (χ0v) is 7.80. The van der Waals surface area contributed by atoms with Crippen LogP contribution in [0.5, 0.6) is 0 Å². The first-order chi connectivity index (χ1) is 6.35. The SMILES string of the molecule is N#Cc1ccc2c(c1)CC[C@@H]2NCl. The Morgan fingerprint density at radius 3 is 3.08 bits per heavy atom. The van der Waals surface area contributed by atoms with Crippen LogP contribution in [0.1, 0.15) is 29.2 Å². The lowest BCUT2D eigenvalue weighted by Crippen LogP contribution is -2.06. The molecule has 1 aromatic carbocycles. The maximum absolute atomic E-state index is 8.70. The molecule has 2 nitrogen and oxygen atoms in total. The number of nitrogens with one attached hydrogen (secondary N) is 1. The highest BCUT2D eigenvalue weighted by atomic mass is 35.5. The molecule has 13 heavy (non-hydrogen) atoms. The van der Waals surface area contributed by atoms with Crippen molar-refractivity contribution in [2.45, 2.75) is 18.9 Å². The normalized spacial score (nSPS) is 19.5. The van der Waals surface area contributed by atoms with Gasteiger partial charge in [-0.15, -0.1) is 0 Å². The number of halogens is 1. The molecule has 0 fully saturated rings. The molecule has 0 bridgehead atoms. The lowest BCUT2D eigenvalue weighted by Gasteiger charge is -2.07. The third kappa shape index (κ3) is 1.41. The van der Waals surface area contributed by atoms with Crippen LogP contribution in [0.2, 0.25) is 0 Å². The summed E-state index contributed by atoms with van der Waals surface area (Å²) in [6.45, 7) is 0. The Bertz CT molecular complexity index is 368. The quantitative estimate of drug-likeness (QED) is 0.693. The van der Waals surface area contributed by atoms with Crippen LogP contribution in [-0.4, -0.2) is 0 Å². The fraction of sp³-hybridized carbons (Fsp3) is 0.300. The molecule has 2 rings (SSSR count). The van der Waals surface area contributed by atoms with Crippen LogP contribution in [0.25, 0.3) is 0 Å². The summed E-state index contributed by atoms with van der Waals surface area (Å²) in [6, 6.07) is 8.16. The van der Waals surface area contributed by atoms with Gasteiger partial charge in [-0.1, -0.05) is 6.07 Å². The fourth-order valence-corrected chi connectivity index (χ4v) is 2.03. The van der Waals surface area contributed by atoms with Crippen LogP contribution >= 0.6 is 11.8 Å². The minimum Gasteiger partial charge on any atom is -0.226 e. The molecule has 0 amide bonds. The minimum absolute atomic E-state index is 0.254. The monoisotopic (exact) mass is 192 g/mol. The third-order valence-electron chi connectivity index (χ3n) is 2.48. The minimum atomic E-state index is 0.254. The number of benzene rings is 1. The van der Waals surface area contributed by atoms with Crippen molar-refractivity contribution in [3.05, 3.63) is 34.9 Å². The van der Waals surface area contributed by atoms with E-state index in [4.69, 9.17) is 17.0 Å². The maximum atomic E-state index is 8.70. The van der Waals surface area contributed by atoms with Gasteiger partial charge >= 0.3 is 0 Å². The summed E-state index contributed by atoms with van der Waals surface area (Å²) in [6.07, 6.45) is 2.03. The second kappa shape index (κ2) is 3.37. The summed E-state index contributed by atoms with van der Waals surface area (Å²) in [7, 11) is 0. The molecular formula is C10H9ClN2. The molecule has 1 N–H and O–H groups in total. The highest BCUT2D eigenvalue weighted by Gasteiger charge is 2.21. The van der Waals surface area contributed by atoms with Gasteiger partial charge in [0.05, 0.1) is 11.6 Å². The van der Waals surface area contributed by atoms with E-state index in [0.717, 1.165) is 18.4 Å². The van der Waals surface area contributed by atoms with Crippen molar-refractivity contribution in [2.24, 2.45) is 0 Å². The Kier molecular flexibility index (Phi) is 2.22. The predicted molar refractivity (Wildman–Crippen MR) is 51.2 cm³/mol. The molecule has 1 aliphatic rings. The average molecular weight is 193 g/mol.